The smallest absolute Gasteiger partial charge is 0.255 e. The van der Waals surface area contributed by atoms with Gasteiger partial charge in [0, 0.05) is 11.5 Å². The number of aliphatic hydroxyl groups is 3. The molecule has 1 amide bonds. The summed E-state index contributed by atoms with van der Waals surface area (Å²) >= 11 is 0. The number of carbonyl (C=O) groups is 3. The molecular formula is C21H22N2O7. The normalized spacial score (nSPS) is 30.9. The monoisotopic (exact) mass is 414 g/mol. The van der Waals surface area contributed by atoms with E-state index in [1.54, 1.807) is 26.2 Å². The van der Waals surface area contributed by atoms with Crippen LogP contribution in [-0.4, -0.2) is 68.5 Å². The van der Waals surface area contributed by atoms with E-state index in [1.165, 1.54) is 11.0 Å². The Morgan fingerprint density at radius 2 is 1.87 bits per heavy atom. The van der Waals surface area contributed by atoms with Crippen molar-refractivity contribution in [3.8, 4) is 5.75 Å². The van der Waals surface area contributed by atoms with Gasteiger partial charge in [0.15, 0.2) is 11.4 Å². The molecule has 3 aliphatic rings. The van der Waals surface area contributed by atoms with Gasteiger partial charge in [-0.3, -0.25) is 19.3 Å². The first-order valence-electron chi connectivity index (χ1n) is 9.47. The van der Waals surface area contributed by atoms with Crippen molar-refractivity contribution in [1.82, 2.24) is 4.90 Å². The lowest BCUT2D eigenvalue weighted by atomic mass is 9.58. The molecular weight excluding hydrogens is 392 g/mol. The molecule has 158 valence electrons. The summed E-state index contributed by atoms with van der Waals surface area (Å²) < 4.78 is 0. The second-order valence-electron chi connectivity index (χ2n) is 8.27. The zero-order chi connectivity index (χ0) is 22.1. The van der Waals surface area contributed by atoms with E-state index in [-0.39, 0.29) is 23.3 Å². The van der Waals surface area contributed by atoms with Gasteiger partial charge in [0.1, 0.15) is 22.8 Å². The van der Waals surface area contributed by atoms with Gasteiger partial charge in [-0.25, -0.2) is 0 Å². The second-order valence-corrected chi connectivity index (χ2v) is 8.27. The largest absolute Gasteiger partial charge is 0.510 e. The number of benzene rings is 1. The number of likely N-dealkylation sites (N-methyl/N-ethyl adjacent to an activating group) is 1. The summed E-state index contributed by atoms with van der Waals surface area (Å²) in [6, 6.07) is 3.66. The molecule has 0 heterocycles. The number of carbonyl (C=O) groups excluding carboxylic acids is 3. The van der Waals surface area contributed by atoms with Crippen molar-refractivity contribution >= 4 is 17.5 Å². The highest BCUT2D eigenvalue weighted by Gasteiger charge is 2.63. The fourth-order valence-corrected chi connectivity index (χ4v) is 5.19. The maximum absolute atomic E-state index is 13.1. The van der Waals surface area contributed by atoms with Gasteiger partial charge in [0.25, 0.3) is 5.91 Å². The Morgan fingerprint density at radius 1 is 1.20 bits per heavy atom. The first-order chi connectivity index (χ1) is 14.0. The average Bonchev–Trinajstić information content (AvgIpc) is 2.64. The van der Waals surface area contributed by atoms with E-state index >= 15 is 0 Å². The van der Waals surface area contributed by atoms with Gasteiger partial charge in [0.05, 0.1) is 11.6 Å². The molecule has 30 heavy (non-hydrogen) atoms. The van der Waals surface area contributed by atoms with Crippen LogP contribution < -0.4 is 5.73 Å². The van der Waals surface area contributed by atoms with E-state index in [0.29, 0.717) is 12.0 Å². The minimum absolute atomic E-state index is 0.0123. The number of rotatable bonds is 2. The van der Waals surface area contributed by atoms with E-state index in [1.807, 2.05) is 0 Å². The van der Waals surface area contributed by atoms with E-state index in [0.717, 1.165) is 0 Å². The molecule has 0 fully saturated rings. The SMILES string of the molecule is CN(C)[C@H]1C(O)=C(C(N)=O)C(=O)[C@@]2(O)C(O)=C3C(=O)c4c(O)cccc4C[C@@H]3C[C@H]12. The third kappa shape index (κ3) is 2.39. The molecule has 6 N–H and O–H groups in total. The standard InChI is InChI=1S/C21H22N2O7/c1-23(2)15-10-7-9-6-8-4-3-5-11(24)12(8)16(25)13(9)18(27)21(10,30)19(28)14(17(15)26)20(22)29/h3-5,9-10,15,24,26-27,30H,6-7H2,1-2H3,(H2,22,29)/t9-,10-,15-,21+/m1/s1. The number of amides is 1. The van der Waals surface area contributed by atoms with Crippen molar-refractivity contribution < 1.29 is 34.8 Å². The van der Waals surface area contributed by atoms with Crippen LogP contribution >= 0.6 is 0 Å². The van der Waals surface area contributed by atoms with Crippen LogP contribution in [0.1, 0.15) is 22.3 Å². The minimum Gasteiger partial charge on any atom is -0.510 e. The molecule has 0 unspecified atom stereocenters. The maximum atomic E-state index is 13.1. The van der Waals surface area contributed by atoms with Crippen molar-refractivity contribution in [3.05, 3.63) is 52.0 Å². The van der Waals surface area contributed by atoms with Crippen LogP contribution in [0, 0.1) is 11.8 Å². The summed E-state index contributed by atoms with van der Waals surface area (Å²) in [6.45, 7) is 0. The molecule has 0 radical (unpaired) electrons. The van der Waals surface area contributed by atoms with Gasteiger partial charge in [-0.2, -0.15) is 0 Å². The number of nitrogens with zero attached hydrogens (tertiary/aromatic N) is 1. The van der Waals surface area contributed by atoms with Crippen molar-refractivity contribution in [2.75, 3.05) is 14.1 Å². The second kappa shape index (κ2) is 6.41. The first kappa shape index (κ1) is 20.1. The van der Waals surface area contributed by atoms with E-state index < -0.39 is 58.0 Å². The highest BCUT2D eigenvalue weighted by molar-refractivity contribution is 6.24. The van der Waals surface area contributed by atoms with Crippen molar-refractivity contribution in [3.63, 3.8) is 0 Å². The molecule has 3 aliphatic carbocycles. The molecule has 1 aromatic carbocycles. The maximum Gasteiger partial charge on any atom is 0.255 e. The number of primary amides is 1. The summed E-state index contributed by atoms with van der Waals surface area (Å²) in [5.41, 5.74) is 2.31. The summed E-state index contributed by atoms with van der Waals surface area (Å²) in [5, 5.41) is 43.2. The Bertz CT molecular complexity index is 1070. The Morgan fingerprint density at radius 3 is 2.47 bits per heavy atom. The number of nitrogens with two attached hydrogens (primary N) is 1. The highest BCUT2D eigenvalue weighted by Crippen LogP contribution is 2.52. The summed E-state index contributed by atoms with van der Waals surface area (Å²) in [5.74, 6) is -6.42. The lowest BCUT2D eigenvalue weighted by molar-refractivity contribution is -0.148. The molecule has 0 aliphatic heterocycles. The number of ketones is 2. The molecule has 0 saturated heterocycles. The lowest BCUT2D eigenvalue weighted by Crippen LogP contribution is -2.63. The van der Waals surface area contributed by atoms with Crippen molar-refractivity contribution in [2.45, 2.75) is 24.5 Å². The number of Topliss-reactive ketones (excluding diaryl/α,β-unsaturated/α-hetero) is 2. The van der Waals surface area contributed by atoms with Gasteiger partial charge >= 0.3 is 0 Å². The Hall–Kier alpha value is -3.17. The number of hydrogen-bond acceptors (Lipinski definition) is 8. The van der Waals surface area contributed by atoms with Gasteiger partial charge in [-0.1, -0.05) is 12.1 Å². The van der Waals surface area contributed by atoms with Crippen LogP contribution in [0.4, 0.5) is 0 Å². The molecule has 0 bridgehead atoms. The molecule has 9 heteroatoms. The van der Waals surface area contributed by atoms with Crippen LogP contribution in [0.2, 0.25) is 0 Å². The topological polar surface area (TPSA) is 161 Å². The highest BCUT2D eigenvalue weighted by atomic mass is 16.3. The van der Waals surface area contributed by atoms with Gasteiger partial charge in [-0.15, -0.1) is 0 Å². The first-order valence-corrected chi connectivity index (χ1v) is 9.47. The number of phenols is 1. The van der Waals surface area contributed by atoms with Gasteiger partial charge in [-0.05, 0) is 44.5 Å². The average molecular weight is 414 g/mol. The lowest BCUT2D eigenvalue weighted by Gasteiger charge is -2.50. The predicted molar refractivity (Wildman–Crippen MR) is 104 cm³/mol. The van der Waals surface area contributed by atoms with Crippen molar-refractivity contribution in [2.24, 2.45) is 17.6 Å². The zero-order valence-corrected chi connectivity index (χ0v) is 16.4. The van der Waals surface area contributed by atoms with Crippen LogP contribution in [0.3, 0.4) is 0 Å². The molecule has 0 saturated carbocycles. The molecule has 9 nitrogen and oxygen atoms in total. The minimum atomic E-state index is -2.60. The van der Waals surface area contributed by atoms with Gasteiger partial charge < -0.3 is 26.2 Å². The summed E-state index contributed by atoms with van der Waals surface area (Å²) in [4.78, 5) is 39.6. The Kier molecular flexibility index (Phi) is 4.30. The number of phenolic OH excluding ortho intramolecular Hbond substituents is 1. The Balaban J connectivity index is 1.97. The van der Waals surface area contributed by atoms with E-state index in [2.05, 4.69) is 0 Å². The predicted octanol–water partition coefficient (Wildman–Crippen LogP) is 0.121. The van der Waals surface area contributed by atoms with Crippen LogP contribution in [0.5, 0.6) is 5.75 Å². The number of fused-ring (bicyclic) bond motifs is 3. The van der Waals surface area contributed by atoms with Crippen LogP contribution in [0.25, 0.3) is 0 Å². The van der Waals surface area contributed by atoms with Crippen LogP contribution in [-0.2, 0) is 16.0 Å². The number of aromatic hydroxyl groups is 1. The third-order valence-corrected chi connectivity index (χ3v) is 6.46. The zero-order valence-electron chi connectivity index (χ0n) is 16.4. The fourth-order valence-electron chi connectivity index (χ4n) is 5.19. The third-order valence-electron chi connectivity index (χ3n) is 6.46. The quantitative estimate of drug-likeness (QED) is 0.426. The Labute approximate surface area is 171 Å². The molecule has 4 atom stereocenters. The summed E-state index contributed by atoms with van der Waals surface area (Å²) in [6.07, 6.45) is 0.379. The fraction of sp³-hybridized carbons (Fsp3) is 0.381. The van der Waals surface area contributed by atoms with E-state index in [4.69, 9.17) is 5.73 Å². The number of aliphatic hydroxyl groups excluding tert-OH is 2. The number of allylic oxidation sites excluding steroid dienone is 1. The van der Waals surface area contributed by atoms with Crippen molar-refractivity contribution in [1.29, 1.82) is 0 Å². The van der Waals surface area contributed by atoms with Gasteiger partial charge in [0.2, 0.25) is 5.78 Å². The molecule has 0 aromatic heterocycles. The van der Waals surface area contributed by atoms with E-state index in [9.17, 15) is 34.8 Å². The van der Waals surface area contributed by atoms with Crippen LogP contribution in [0.15, 0.2) is 40.9 Å². The molecule has 0 spiro atoms. The number of hydrogen-bond donors (Lipinski definition) is 5. The molecule has 4 rings (SSSR count). The summed E-state index contributed by atoms with van der Waals surface area (Å²) in [7, 11) is 3.18. The molecule has 1 aromatic rings.